The highest BCUT2D eigenvalue weighted by Gasteiger charge is 2.34. The minimum atomic E-state index is -3.70. The maximum atomic E-state index is 12.2. The molecule has 0 spiro atoms. The van der Waals surface area contributed by atoms with Crippen LogP contribution in [0, 0.1) is 0 Å². The lowest BCUT2D eigenvalue weighted by molar-refractivity contribution is -0.137. The first-order valence-electron chi connectivity index (χ1n) is 6.05. The number of alkyl carbamates (subject to hydrolysis) is 1. The number of rotatable bonds is 6. The van der Waals surface area contributed by atoms with Crippen molar-refractivity contribution >= 4 is 22.3 Å². The molecule has 0 aromatic rings. The van der Waals surface area contributed by atoms with Crippen molar-refractivity contribution in [1.29, 1.82) is 0 Å². The van der Waals surface area contributed by atoms with Crippen molar-refractivity contribution < 1.29 is 27.9 Å². The number of methoxy groups -OCH3 is 1. The smallest absolute Gasteiger partial charge is 0.407 e. The lowest BCUT2D eigenvalue weighted by atomic mass is 10.3. The number of ether oxygens (including phenoxy) is 1. The third-order valence-corrected chi connectivity index (χ3v) is 4.97. The second-order valence-electron chi connectivity index (χ2n) is 4.45. The van der Waals surface area contributed by atoms with Crippen molar-refractivity contribution in [3.8, 4) is 0 Å². The van der Waals surface area contributed by atoms with Crippen LogP contribution in [0.3, 0.4) is 0 Å². The fourth-order valence-corrected chi connectivity index (χ4v) is 3.27. The molecule has 0 bridgehead atoms. The first kappa shape index (κ1) is 16.7. The number of nitrogens with zero attached hydrogens (tertiary/aromatic N) is 2. The van der Waals surface area contributed by atoms with Crippen LogP contribution in [0.4, 0.5) is 4.79 Å². The van der Waals surface area contributed by atoms with Crippen LogP contribution in [-0.2, 0) is 19.7 Å². The minimum Gasteiger partial charge on any atom is -0.481 e. The largest absolute Gasteiger partial charge is 0.481 e. The maximum Gasteiger partial charge on any atom is 0.407 e. The van der Waals surface area contributed by atoms with Gasteiger partial charge in [0.15, 0.2) is 0 Å². The maximum absolute atomic E-state index is 12.2. The predicted octanol–water partition coefficient (Wildman–Crippen LogP) is -0.932. The molecule has 0 aliphatic carbocycles. The third-order valence-electron chi connectivity index (χ3n) is 3.02. The zero-order valence-electron chi connectivity index (χ0n) is 11.4. The molecule has 0 saturated carbocycles. The number of carboxylic acid groups (broad SMARTS) is 1. The first-order chi connectivity index (χ1) is 9.27. The SMILES string of the molecule is COC(=O)NC1CCN(S(=O)(=O)N(C)CCC(=O)O)C1. The first-order valence-corrected chi connectivity index (χ1v) is 7.44. The van der Waals surface area contributed by atoms with Crippen molar-refractivity contribution in [2.45, 2.75) is 18.9 Å². The Balaban J connectivity index is 2.57. The minimum absolute atomic E-state index is 0.0940. The average Bonchev–Trinajstić information content (AvgIpc) is 2.84. The van der Waals surface area contributed by atoms with E-state index in [4.69, 9.17) is 5.11 Å². The molecule has 1 aliphatic heterocycles. The van der Waals surface area contributed by atoms with Gasteiger partial charge in [-0.15, -0.1) is 0 Å². The molecule has 1 aliphatic rings. The number of nitrogens with one attached hydrogen (secondary N) is 1. The van der Waals surface area contributed by atoms with Crippen LogP contribution in [-0.4, -0.2) is 74.0 Å². The number of amides is 1. The molecule has 10 heteroatoms. The van der Waals surface area contributed by atoms with Crippen LogP contribution in [0.25, 0.3) is 0 Å². The van der Waals surface area contributed by atoms with Crippen LogP contribution in [0.1, 0.15) is 12.8 Å². The highest BCUT2D eigenvalue weighted by molar-refractivity contribution is 7.86. The number of hydrogen-bond acceptors (Lipinski definition) is 5. The van der Waals surface area contributed by atoms with Crippen molar-refractivity contribution in [3.05, 3.63) is 0 Å². The van der Waals surface area contributed by atoms with Gasteiger partial charge in [0.05, 0.1) is 13.5 Å². The second kappa shape index (κ2) is 6.86. The van der Waals surface area contributed by atoms with E-state index < -0.39 is 22.3 Å². The molecule has 1 heterocycles. The zero-order chi connectivity index (χ0) is 15.3. The van der Waals surface area contributed by atoms with Crippen molar-refractivity contribution in [2.24, 2.45) is 0 Å². The summed E-state index contributed by atoms with van der Waals surface area (Å²) < 4.78 is 31.0. The van der Waals surface area contributed by atoms with Gasteiger partial charge in [-0.2, -0.15) is 17.0 Å². The van der Waals surface area contributed by atoms with Crippen LogP contribution in [0.2, 0.25) is 0 Å². The lowest BCUT2D eigenvalue weighted by Crippen LogP contribution is -2.43. The highest BCUT2D eigenvalue weighted by atomic mass is 32.2. The summed E-state index contributed by atoms with van der Waals surface area (Å²) >= 11 is 0. The van der Waals surface area contributed by atoms with E-state index in [-0.39, 0.29) is 32.1 Å². The molecule has 0 radical (unpaired) electrons. The molecule has 20 heavy (non-hydrogen) atoms. The molecule has 0 aromatic heterocycles. The molecule has 0 aromatic carbocycles. The van der Waals surface area contributed by atoms with E-state index in [2.05, 4.69) is 10.1 Å². The Morgan fingerprint density at radius 1 is 1.50 bits per heavy atom. The third kappa shape index (κ3) is 4.32. The standard InChI is InChI=1S/C10H19N3O6S/c1-12(5-4-9(14)15)20(17,18)13-6-3-8(7-13)11-10(16)19-2/h8H,3-7H2,1-2H3,(H,11,16)(H,14,15). The number of carbonyl (C=O) groups excluding carboxylic acids is 1. The molecule has 1 fully saturated rings. The Morgan fingerprint density at radius 2 is 2.15 bits per heavy atom. The van der Waals surface area contributed by atoms with Gasteiger partial charge < -0.3 is 15.2 Å². The Morgan fingerprint density at radius 3 is 2.70 bits per heavy atom. The summed E-state index contributed by atoms with van der Waals surface area (Å²) in [6, 6.07) is -0.301. The van der Waals surface area contributed by atoms with E-state index in [0.717, 1.165) is 4.31 Å². The number of aliphatic carboxylic acids is 1. The van der Waals surface area contributed by atoms with Gasteiger partial charge in [-0.3, -0.25) is 4.79 Å². The van der Waals surface area contributed by atoms with Crippen LogP contribution in [0.15, 0.2) is 0 Å². The molecule has 1 amide bonds. The van der Waals surface area contributed by atoms with E-state index in [9.17, 15) is 18.0 Å². The van der Waals surface area contributed by atoms with Gasteiger partial charge in [0.1, 0.15) is 0 Å². The fourth-order valence-electron chi connectivity index (χ4n) is 1.85. The summed E-state index contributed by atoms with van der Waals surface area (Å²) in [6.45, 7) is 0.326. The van der Waals surface area contributed by atoms with E-state index in [1.807, 2.05) is 0 Å². The summed E-state index contributed by atoms with van der Waals surface area (Å²) in [4.78, 5) is 21.5. The van der Waals surface area contributed by atoms with Crippen LogP contribution >= 0.6 is 0 Å². The number of carboxylic acids is 1. The second-order valence-corrected chi connectivity index (χ2v) is 6.49. The summed E-state index contributed by atoms with van der Waals surface area (Å²) in [5, 5.41) is 11.1. The van der Waals surface area contributed by atoms with Crippen molar-refractivity contribution in [3.63, 3.8) is 0 Å². The van der Waals surface area contributed by atoms with Gasteiger partial charge in [0, 0.05) is 32.7 Å². The van der Waals surface area contributed by atoms with Gasteiger partial charge in [-0.25, -0.2) is 4.79 Å². The van der Waals surface area contributed by atoms with Gasteiger partial charge in [-0.05, 0) is 6.42 Å². The summed E-state index contributed by atoms with van der Waals surface area (Å²) in [5.74, 6) is -1.06. The van der Waals surface area contributed by atoms with Crippen LogP contribution in [0.5, 0.6) is 0 Å². The van der Waals surface area contributed by atoms with E-state index in [0.29, 0.717) is 6.42 Å². The average molecular weight is 309 g/mol. The monoisotopic (exact) mass is 309 g/mol. The highest BCUT2D eigenvalue weighted by Crippen LogP contribution is 2.16. The summed E-state index contributed by atoms with van der Waals surface area (Å²) in [7, 11) is -1.13. The Kier molecular flexibility index (Phi) is 5.72. The van der Waals surface area contributed by atoms with Gasteiger partial charge in [0.2, 0.25) is 0 Å². The molecule has 2 N–H and O–H groups in total. The Hall–Kier alpha value is -1.39. The van der Waals surface area contributed by atoms with Crippen molar-refractivity contribution in [2.75, 3.05) is 33.8 Å². The van der Waals surface area contributed by atoms with E-state index >= 15 is 0 Å². The molecule has 1 rings (SSSR count). The van der Waals surface area contributed by atoms with Crippen molar-refractivity contribution in [1.82, 2.24) is 13.9 Å². The molecule has 1 atom stereocenters. The zero-order valence-corrected chi connectivity index (χ0v) is 12.2. The molecular formula is C10H19N3O6S. The molecule has 1 unspecified atom stereocenters. The molecule has 116 valence electrons. The Labute approximate surface area is 117 Å². The van der Waals surface area contributed by atoms with Crippen LogP contribution < -0.4 is 5.32 Å². The van der Waals surface area contributed by atoms with Gasteiger partial charge >= 0.3 is 12.1 Å². The fraction of sp³-hybridized carbons (Fsp3) is 0.800. The summed E-state index contributed by atoms with van der Waals surface area (Å²) in [5.41, 5.74) is 0. The topological polar surface area (TPSA) is 116 Å². The molecule has 9 nitrogen and oxygen atoms in total. The number of hydrogen-bond donors (Lipinski definition) is 2. The molecule has 1 saturated heterocycles. The van der Waals surface area contributed by atoms with E-state index in [1.165, 1.54) is 18.5 Å². The quantitative estimate of drug-likeness (QED) is 0.654. The van der Waals surface area contributed by atoms with Gasteiger partial charge in [-0.1, -0.05) is 0 Å². The molecular weight excluding hydrogens is 290 g/mol. The lowest BCUT2D eigenvalue weighted by Gasteiger charge is -2.23. The van der Waals surface area contributed by atoms with E-state index in [1.54, 1.807) is 0 Å². The number of carbonyl (C=O) groups is 2. The normalized spacial score (nSPS) is 20.1. The predicted molar refractivity (Wildman–Crippen MR) is 69.3 cm³/mol. The van der Waals surface area contributed by atoms with Gasteiger partial charge in [0.25, 0.3) is 10.2 Å². The Bertz CT molecular complexity index is 466. The summed E-state index contributed by atoms with van der Waals surface area (Å²) in [6.07, 6.45) is -0.373.